The van der Waals surface area contributed by atoms with Gasteiger partial charge in [-0.1, -0.05) is 167 Å². The molecule has 0 aromatic heterocycles. The molecule has 0 saturated heterocycles. The predicted molar refractivity (Wildman–Crippen MR) is 219 cm³/mol. The Morgan fingerprint density at radius 1 is 0.462 bits per heavy atom. The van der Waals surface area contributed by atoms with Gasteiger partial charge in [-0.15, -0.1) is 0 Å². The molecule has 0 N–H and O–H groups in total. The first kappa shape index (κ1) is 32.3. The molecule has 1 atom stereocenters. The van der Waals surface area contributed by atoms with Gasteiger partial charge in [-0.3, -0.25) is 0 Å². The molecular weight excluding hydrogens is 627 g/mol. The summed E-state index contributed by atoms with van der Waals surface area (Å²) in [4.78, 5) is 2.55. The van der Waals surface area contributed by atoms with E-state index in [-0.39, 0.29) is 10.8 Å². The van der Waals surface area contributed by atoms with Crippen LogP contribution in [0, 0.1) is 19.3 Å². The van der Waals surface area contributed by atoms with Gasteiger partial charge < -0.3 is 4.90 Å². The van der Waals surface area contributed by atoms with Crippen LogP contribution >= 0.6 is 0 Å². The highest BCUT2D eigenvalue weighted by molar-refractivity contribution is 5.98. The van der Waals surface area contributed by atoms with Crippen molar-refractivity contribution in [2.24, 2.45) is 5.41 Å². The SMILES string of the molecule is Cc1cc2c(c(N(c3ccccc3)c3ccc4c(c3)C(c3ccccc3)(c3ccccc3)c3ccccc3-4)c1C)-c1ccccc1C2(C)C(C)(C)C. The van der Waals surface area contributed by atoms with Crippen LogP contribution in [0.4, 0.5) is 17.1 Å². The first-order valence-corrected chi connectivity index (χ1v) is 18.6. The second-order valence-corrected chi connectivity index (χ2v) is 15.9. The molecule has 2 aliphatic carbocycles. The molecule has 0 amide bonds. The lowest BCUT2D eigenvalue weighted by Gasteiger charge is -2.41. The van der Waals surface area contributed by atoms with Gasteiger partial charge in [0, 0.05) is 22.4 Å². The van der Waals surface area contributed by atoms with E-state index in [1.807, 2.05) is 0 Å². The molecule has 0 radical (unpaired) electrons. The molecular formula is C51H45N. The quantitative estimate of drug-likeness (QED) is 0.176. The fourth-order valence-corrected chi connectivity index (χ4v) is 9.49. The third-order valence-electron chi connectivity index (χ3n) is 12.5. The average molecular weight is 672 g/mol. The van der Waals surface area contributed by atoms with Crippen LogP contribution < -0.4 is 4.90 Å². The van der Waals surface area contributed by atoms with Gasteiger partial charge in [-0.2, -0.15) is 0 Å². The van der Waals surface area contributed by atoms with Crippen LogP contribution in [-0.2, 0) is 10.8 Å². The Bertz CT molecular complexity index is 2430. The molecule has 7 aromatic carbocycles. The molecule has 0 saturated carbocycles. The summed E-state index contributed by atoms with van der Waals surface area (Å²) in [5.74, 6) is 0. The Balaban J connectivity index is 1.39. The summed E-state index contributed by atoms with van der Waals surface area (Å²) < 4.78 is 0. The maximum atomic E-state index is 2.55. The highest BCUT2D eigenvalue weighted by Crippen LogP contribution is 2.62. The maximum absolute atomic E-state index is 2.55. The number of hydrogen-bond donors (Lipinski definition) is 0. The van der Waals surface area contributed by atoms with Gasteiger partial charge in [0.25, 0.3) is 0 Å². The predicted octanol–water partition coefficient (Wildman–Crippen LogP) is 13.5. The van der Waals surface area contributed by atoms with E-state index >= 15 is 0 Å². The zero-order chi connectivity index (χ0) is 35.8. The minimum Gasteiger partial charge on any atom is -0.310 e. The molecule has 7 aromatic rings. The van der Waals surface area contributed by atoms with Crippen LogP contribution in [0.3, 0.4) is 0 Å². The second kappa shape index (κ2) is 11.7. The van der Waals surface area contributed by atoms with Crippen molar-refractivity contribution in [2.75, 3.05) is 4.90 Å². The maximum Gasteiger partial charge on any atom is 0.0714 e. The molecule has 254 valence electrons. The van der Waals surface area contributed by atoms with E-state index < -0.39 is 5.41 Å². The normalized spacial score (nSPS) is 16.5. The van der Waals surface area contributed by atoms with Gasteiger partial charge in [-0.25, -0.2) is 0 Å². The molecule has 9 rings (SSSR count). The average Bonchev–Trinajstić information content (AvgIpc) is 3.61. The summed E-state index contributed by atoms with van der Waals surface area (Å²) >= 11 is 0. The molecule has 52 heavy (non-hydrogen) atoms. The Morgan fingerprint density at radius 3 is 1.60 bits per heavy atom. The monoisotopic (exact) mass is 671 g/mol. The molecule has 0 fully saturated rings. The number of anilines is 3. The molecule has 2 aliphatic rings. The molecule has 0 heterocycles. The molecule has 0 spiro atoms. The lowest BCUT2D eigenvalue weighted by Crippen LogP contribution is -2.36. The van der Waals surface area contributed by atoms with Gasteiger partial charge in [0.15, 0.2) is 0 Å². The van der Waals surface area contributed by atoms with E-state index in [0.29, 0.717) is 0 Å². The van der Waals surface area contributed by atoms with Crippen LogP contribution in [0.25, 0.3) is 22.3 Å². The van der Waals surface area contributed by atoms with Gasteiger partial charge in [0.05, 0.1) is 11.1 Å². The standard InChI is InChI=1S/C51H45N/c1-34-32-46-47(42-27-17-18-28-43(42)50(46,6)49(3,4)5)48(35(34)2)52(38-24-14-9-15-25-38)39-30-31-41-40-26-16-19-29-44(40)51(45(41)33-39,36-20-10-7-11-21-36)37-22-12-8-13-23-37/h7-33H,1-6H3. The van der Waals surface area contributed by atoms with Crippen molar-refractivity contribution >= 4 is 17.1 Å². The molecule has 1 unspecified atom stereocenters. The molecule has 1 heteroatoms. The van der Waals surface area contributed by atoms with E-state index in [0.717, 1.165) is 11.4 Å². The smallest absolute Gasteiger partial charge is 0.0714 e. The van der Waals surface area contributed by atoms with Crippen LogP contribution in [0.15, 0.2) is 164 Å². The van der Waals surface area contributed by atoms with Crippen molar-refractivity contribution in [3.63, 3.8) is 0 Å². The zero-order valence-corrected chi connectivity index (χ0v) is 31.0. The Hall–Kier alpha value is -5.66. The lowest BCUT2D eigenvalue weighted by molar-refractivity contribution is 0.255. The minimum absolute atomic E-state index is 0.00475. The van der Waals surface area contributed by atoms with Crippen LogP contribution in [0.2, 0.25) is 0 Å². The third-order valence-corrected chi connectivity index (χ3v) is 12.5. The number of nitrogens with zero attached hydrogens (tertiary/aromatic N) is 1. The molecule has 1 nitrogen and oxygen atoms in total. The van der Waals surface area contributed by atoms with Crippen LogP contribution in [0.1, 0.15) is 72.2 Å². The van der Waals surface area contributed by atoms with E-state index in [1.165, 1.54) is 72.4 Å². The van der Waals surface area contributed by atoms with Gasteiger partial charge in [0.2, 0.25) is 0 Å². The fraction of sp³-hybridized carbons (Fsp3) is 0.176. The minimum atomic E-state index is -0.478. The van der Waals surface area contributed by atoms with E-state index in [2.05, 4.69) is 210 Å². The summed E-state index contributed by atoms with van der Waals surface area (Å²) in [5.41, 5.74) is 18.8. The number of fused-ring (bicyclic) bond motifs is 6. The molecule has 0 aliphatic heterocycles. The number of aryl methyl sites for hydroxylation is 1. The van der Waals surface area contributed by atoms with E-state index in [4.69, 9.17) is 0 Å². The van der Waals surface area contributed by atoms with E-state index in [1.54, 1.807) is 0 Å². The van der Waals surface area contributed by atoms with E-state index in [9.17, 15) is 0 Å². The van der Waals surface area contributed by atoms with Crippen molar-refractivity contribution < 1.29 is 0 Å². The van der Waals surface area contributed by atoms with Gasteiger partial charge in [-0.05, 0) is 105 Å². The number of para-hydroxylation sites is 1. The Morgan fingerprint density at radius 2 is 0.981 bits per heavy atom. The zero-order valence-electron chi connectivity index (χ0n) is 31.0. The van der Waals surface area contributed by atoms with Gasteiger partial charge >= 0.3 is 0 Å². The number of hydrogen-bond acceptors (Lipinski definition) is 1. The first-order chi connectivity index (χ1) is 25.2. The number of benzene rings is 7. The topological polar surface area (TPSA) is 3.24 Å². The summed E-state index contributed by atoms with van der Waals surface area (Å²) in [6.07, 6.45) is 0. The first-order valence-electron chi connectivity index (χ1n) is 18.6. The molecule has 0 bridgehead atoms. The highest BCUT2D eigenvalue weighted by Gasteiger charge is 2.50. The third kappa shape index (κ3) is 4.35. The Kier molecular flexibility index (Phi) is 7.25. The summed E-state index contributed by atoms with van der Waals surface area (Å²) in [6, 6.07) is 61.1. The second-order valence-electron chi connectivity index (χ2n) is 15.9. The Labute approximate surface area is 309 Å². The van der Waals surface area contributed by atoms with Crippen molar-refractivity contribution in [3.05, 3.63) is 208 Å². The van der Waals surface area contributed by atoms with Crippen LogP contribution in [0.5, 0.6) is 0 Å². The summed E-state index contributed by atoms with van der Waals surface area (Å²) in [7, 11) is 0. The number of rotatable bonds is 5. The van der Waals surface area contributed by atoms with Crippen molar-refractivity contribution in [2.45, 2.75) is 52.4 Å². The fourth-order valence-electron chi connectivity index (χ4n) is 9.49. The van der Waals surface area contributed by atoms with Crippen molar-refractivity contribution in [1.29, 1.82) is 0 Å². The summed E-state index contributed by atoms with van der Waals surface area (Å²) in [5, 5.41) is 0. The summed E-state index contributed by atoms with van der Waals surface area (Å²) in [6.45, 7) is 14.3. The largest absolute Gasteiger partial charge is 0.310 e. The lowest BCUT2D eigenvalue weighted by atomic mass is 9.62. The van der Waals surface area contributed by atoms with Crippen LogP contribution in [-0.4, -0.2) is 0 Å². The highest BCUT2D eigenvalue weighted by atomic mass is 15.1. The van der Waals surface area contributed by atoms with Crippen molar-refractivity contribution in [1.82, 2.24) is 0 Å². The van der Waals surface area contributed by atoms with Gasteiger partial charge in [0.1, 0.15) is 0 Å². The van der Waals surface area contributed by atoms with Crippen molar-refractivity contribution in [3.8, 4) is 22.3 Å².